The normalized spacial score (nSPS) is 27.0. The van der Waals surface area contributed by atoms with Crippen LogP contribution >= 0.6 is 0 Å². The van der Waals surface area contributed by atoms with Crippen molar-refractivity contribution >= 4 is 23.5 Å². The quantitative estimate of drug-likeness (QED) is 0.651. The number of hydrogen-bond donors (Lipinski definition) is 1. The second kappa shape index (κ2) is 6.29. The molecule has 3 aliphatic carbocycles. The summed E-state index contributed by atoms with van der Waals surface area (Å²) in [6.07, 6.45) is 0. The highest BCUT2D eigenvalue weighted by Crippen LogP contribution is 2.64. The highest BCUT2D eigenvalue weighted by atomic mass is 16.5. The van der Waals surface area contributed by atoms with Crippen molar-refractivity contribution in [3.63, 3.8) is 0 Å². The van der Waals surface area contributed by atoms with E-state index in [2.05, 4.69) is 0 Å². The smallest absolute Gasteiger partial charge is 0.319 e. The summed E-state index contributed by atoms with van der Waals surface area (Å²) in [5.74, 6) is -3.48. The molecule has 0 aromatic heterocycles. The Morgan fingerprint density at radius 3 is 1.97 bits per heavy atom. The fourth-order valence-corrected chi connectivity index (χ4v) is 6.12. The Morgan fingerprint density at radius 1 is 0.875 bits per heavy atom. The molecule has 6 nitrogen and oxygen atoms in total. The molecule has 32 heavy (non-hydrogen) atoms. The fourth-order valence-electron chi connectivity index (χ4n) is 6.12. The maximum atomic E-state index is 13.8. The molecule has 4 aliphatic rings. The topological polar surface area (TPSA) is 83.9 Å². The van der Waals surface area contributed by atoms with Crippen LogP contribution in [0.5, 0.6) is 5.75 Å². The third kappa shape index (κ3) is 2.02. The van der Waals surface area contributed by atoms with Gasteiger partial charge in [-0.2, -0.15) is 0 Å². The summed E-state index contributed by atoms with van der Waals surface area (Å²) in [6, 6.07) is 21.3. The first-order valence-electron chi connectivity index (χ1n) is 10.5. The largest absolute Gasteiger partial charge is 0.497 e. The average Bonchev–Trinajstić information content (AvgIpc) is 3.09. The summed E-state index contributed by atoms with van der Waals surface area (Å²) in [6.45, 7) is 0. The van der Waals surface area contributed by atoms with E-state index in [4.69, 9.17) is 4.74 Å². The molecule has 2 bridgehead atoms. The lowest BCUT2D eigenvalue weighted by atomic mass is 9.47. The van der Waals surface area contributed by atoms with Gasteiger partial charge in [-0.15, -0.1) is 0 Å². The minimum absolute atomic E-state index is 0.357. The number of amides is 2. The SMILES string of the molecule is COc1ccc(N2C(=O)[C@H]3C4c5ccccc5C(C(=O)O)(c5ccccc54)[C@H]3C2=O)cc1. The Bertz CT molecular complexity index is 1260. The molecule has 1 N–H and O–H groups in total. The Labute approximate surface area is 184 Å². The zero-order chi connectivity index (χ0) is 22.2. The van der Waals surface area contributed by atoms with Crippen molar-refractivity contribution < 1.29 is 24.2 Å². The Balaban J connectivity index is 1.63. The van der Waals surface area contributed by atoms with Crippen LogP contribution < -0.4 is 9.64 Å². The van der Waals surface area contributed by atoms with E-state index in [1.165, 1.54) is 0 Å². The van der Waals surface area contributed by atoms with Crippen molar-refractivity contribution in [2.24, 2.45) is 11.8 Å². The molecule has 1 aliphatic heterocycles. The van der Waals surface area contributed by atoms with Crippen molar-refractivity contribution in [2.75, 3.05) is 12.0 Å². The van der Waals surface area contributed by atoms with Gasteiger partial charge in [0, 0.05) is 5.92 Å². The lowest BCUT2D eigenvalue weighted by molar-refractivity contribution is -0.149. The predicted molar refractivity (Wildman–Crippen MR) is 116 cm³/mol. The van der Waals surface area contributed by atoms with Crippen molar-refractivity contribution in [1.29, 1.82) is 0 Å². The van der Waals surface area contributed by atoms with Gasteiger partial charge in [-0.05, 0) is 46.5 Å². The lowest BCUT2D eigenvalue weighted by Crippen LogP contribution is -2.57. The van der Waals surface area contributed by atoms with Crippen LogP contribution in [-0.2, 0) is 19.8 Å². The van der Waals surface area contributed by atoms with Crippen molar-refractivity contribution in [3.05, 3.63) is 95.1 Å². The van der Waals surface area contributed by atoms with Crippen LogP contribution in [0.2, 0.25) is 0 Å². The molecule has 0 radical (unpaired) electrons. The molecule has 1 heterocycles. The molecule has 3 aromatic carbocycles. The summed E-state index contributed by atoms with van der Waals surface area (Å²) < 4.78 is 5.19. The number of ether oxygens (including phenoxy) is 1. The first-order chi connectivity index (χ1) is 15.5. The number of nitrogens with zero attached hydrogens (tertiary/aromatic N) is 1. The summed E-state index contributed by atoms with van der Waals surface area (Å²) in [7, 11) is 1.54. The molecule has 0 unspecified atom stereocenters. The maximum Gasteiger partial charge on any atom is 0.319 e. The van der Waals surface area contributed by atoms with E-state index in [-0.39, 0.29) is 11.8 Å². The van der Waals surface area contributed by atoms with E-state index >= 15 is 0 Å². The van der Waals surface area contributed by atoms with E-state index < -0.39 is 29.1 Å². The number of carboxylic acids is 1. The molecule has 3 aromatic rings. The summed E-state index contributed by atoms with van der Waals surface area (Å²) in [5, 5.41) is 10.7. The number of anilines is 1. The van der Waals surface area contributed by atoms with Crippen LogP contribution in [0.25, 0.3) is 0 Å². The Kier molecular flexibility index (Phi) is 3.70. The zero-order valence-electron chi connectivity index (χ0n) is 17.2. The molecule has 2 amide bonds. The molecule has 158 valence electrons. The van der Waals surface area contributed by atoms with Crippen LogP contribution in [0.3, 0.4) is 0 Å². The van der Waals surface area contributed by atoms with Gasteiger partial charge in [0.1, 0.15) is 11.2 Å². The molecule has 6 heteroatoms. The van der Waals surface area contributed by atoms with Crippen molar-refractivity contribution in [1.82, 2.24) is 0 Å². The van der Waals surface area contributed by atoms with Gasteiger partial charge in [0.15, 0.2) is 0 Å². The first-order valence-corrected chi connectivity index (χ1v) is 10.5. The zero-order valence-corrected chi connectivity index (χ0v) is 17.2. The fraction of sp³-hybridized carbons (Fsp3) is 0.192. The first kappa shape index (κ1) is 18.8. The van der Waals surface area contributed by atoms with Gasteiger partial charge in [0.25, 0.3) is 0 Å². The van der Waals surface area contributed by atoms with Gasteiger partial charge < -0.3 is 9.84 Å². The van der Waals surface area contributed by atoms with Gasteiger partial charge in [0.2, 0.25) is 11.8 Å². The maximum absolute atomic E-state index is 13.8. The van der Waals surface area contributed by atoms with E-state index in [9.17, 15) is 19.5 Å². The predicted octanol–water partition coefficient (Wildman–Crippen LogP) is 3.33. The Hall–Kier alpha value is -3.93. The molecular weight excluding hydrogens is 406 g/mol. The summed E-state index contributed by atoms with van der Waals surface area (Å²) in [5.41, 5.74) is 1.65. The molecular formula is C26H19NO5. The van der Waals surface area contributed by atoms with Crippen LogP contribution in [-0.4, -0.2) is 30.0 Å². The highest BCUT2D eigenvalue weighted by molar-refractivity contribution is 6.25. The van der Waals surface area contributed by atoms with E-state index in [1.54, 1.807) is 55.6 Å². The molecule has 7 rings (SSSR count). The van der Waals surface area contributed by atoms with Crippen LogP contribution in [0.1, 0.15) is 28.2 Å². The van der Waals surface area contributed by atoms with E-state index in [0.717, 1.165) is 16.0 Å². The number of benzene rings is 3. The minimum Gasteiger partial charge on any atom is -0.497 e. The number of aliphatic carboxylic acids is 1. The second-order valence-corrected chi connectivity index (χ2v) is 8.48. The summed E-state index contributed by atoms with van der Waals surface area (Å²) in [4.78, 5) is 41.8. The third-order valence-corrected chi connectivity index (χ3v) is 7.29. The monoisotopic (exact) mass is 425 g/mol. The van der Waals surface area contributed by atoms with Crippen molar-refractivity contribution in [3.8, 4) is 5.75 Å². The second-order valence-electron chi connectivity index (χ2n) is 8.48. The number of methoxy groups -OCH3 is 1. The highest BCUT2D eigenvalue weighted by Gasteiger charge is 2.71. The molecule has 2 atom stereocenters. The van der Waals surface area contributed by atoms with Gasteiger partial charge in [-0.1, -0.05) is 48.5 Å². The standard InChI is InChI=1S/C26H19NO5/c1-32-15-12-10-14(11-13-15)27-23(28)21-20-16-6-2-4-8-18(16)26(25(30)31,22(21)24(27)29)19-9-5-3-7-17(19)20/h2-13,20-22H,1H3,(H,30,31)/t20?,21-,22+,26?/m0/s1. The van der Waals surface area contributed by atoms with Gasteiger partial charge in [-0.3, -0.25) is 14.4 Å². The number of rotatable bonds is 3. The van der Waals surface area contributed by atoms with Gasteiger partial charge >= 0.3 is 5.97 Å². The van der Waals surface area contributed by atoms with Crippen LogP contribution in [0.15, 0.2) is 72.8 Å². The molecule has 0 saturated carbocycles. The van der Waals surface area contributed by atoms with Crippen LogP contribution in [0.4, 0.5) is 5.69 Å². The van der Waals surface area contributed by atoms with E-state index in [0.29, 0.717) is 22.6 Å². The van der Waals surface area contributed by atoms with Crippen LogP contribution in [0, 0.1) is 11.8 Å². The number of carbonyl (C=O) groups is 3. The lowest BCUT2D eigenvalue weighted by Gasteiger charge is -2.51. The van der Waals surface area contributed by atoms with Gasteiger partial charge in [0.05, 0.1) is 24.6 Å². The third-order valence-electron chi connectivity index (χ3n) is 7.29. The average molecular weight is 425 g/mol. The summed E-state index contributed by atoms with van der Waals surface area (Å²) >= 11 is 0. The molecule has 0 spiro atoms. The number of hydrogen-bond acceptors (Lipinski definition) is 4. The minimum atomic E-state index is -1.61. The van der Waals surface area contributed by atoms with Crippen molar-refractivity contribution in [2.45, 2.75) is 11.3 Å². The number of imide groups is 1. The molecule has 1 fully saturated rings. The Morgan fingerprint density at radius 2 is 1.44 bits per heavy atom. The number of carbonyl (C=O) groups excluding carboxylic acids is 2. The molecule has 1 saturated heterocycles. The number of carboxylic acid groups (broad SMARTS) is 1. The van der Waals surface area contributed by atoms with E-state index in [1.807, 2.05) is 24.3 Å². The van der Waals surface area contributed by atoms with Gasteiger partial charge in [-0.25, -0.2) is 4.90 Å².